The lowest BCUT2D eigenvalue weighted by atomic mass is 10.0. The van der Waals surface area contributed by atoms with Crippen molar-refractivity contribution in [3.8, 4) is 0 Å². The van der Waals surface area contributed by atoms with Gasteiger partial charge in [0.15, 0.2) is 12.1 Å². The number of nitrogens with zero attached hydrogens (tertiary/aromatic N) is 1. The van der Waals surface area contributed by atoms with E-state index in [1.165, 1.54) is 6.26 Å². The highest BCUT2D eigenvalue weighted by molar-refractivity contribution is 5.95. The van der Waals surface area contributed by atoms with E-state index < -0.39 is 11.9 Å². The fourth-order valence-electron chi connectivity index (χ4n) is 3.10. The van der Waals surface area contributed by atoms with Crippen molar-refractivity contribution in [1.29, 1.82) is 0 Å². The van der Waals surface area contributed by atoms with Crippen LogP contribution in [0.3, 0.4) is 0 Å². The van der Waals surface area contributed by atoms with Crippen molar-refractivity contribution in [3.05, 3.63) is 24.2 Å². The molecule has 7 heteroatoms. The number of ether oxygens (including phenoxy) is 2. The van der Waals surface area contributed by atoms with Crippen LogP contribution in [0, 0.1) is 0 Å². The first kappa shape index (κ1) is 16.0. The molecule has 0 aromatic carbocycles. The first-order valence-electron chi connectivity index (χ1n) is 8.05. The Labute approximate surface area is 134 Å². The van der Waals surface area contributed by atoms with E-state index in [0.29, 0.717) is 19.8 Å². The number of carbonyl (C=O) groups is 2. The molecular weight excluding hydrogens is 300 g/mol. The minimum absolute atomic E-state index is 0.0817. The second-order valence-electron chi connectivity index (χ2n) is 5.88. The highest BCUT2D eigenvalue weighted by Gasteiger charge is 2.37. The van der Waals surface area contributed by atoms with Crippen molar-refractivity contribution in [1.82, 2.24) is 10.2 Å². The Balaban J connectivity index is 1.63. The standard InChI is InChI=1S/C16H22N2O5/c1-11(17-14(19)13-6-4-8-21-13)15(20)18-7-3-2-5-12(18)16-22-9-10-23-16/h4,6,8,11-12,16H,2-3,5,7,9-10H2,1H3,(H,17,19)/t11-,12+/m0/s1. The van der Waals surface area contributed by atoms with Crippen LogP contribution in [0.2, 0.25) is 0 Å². The average molecular weight is 322 g/mol. The Morgan fingerprint density at radius 1 is 1.30 bits per heavy atom. The van der Waals surface area contributed by atoms with Crippen LogP contribution in [0.25, 0.3) is 0 Å². The predicted molar refractivity (Wildman–Crippen MR) is 80.7 cm³/mol. The van der Waals surface area contributed by atoms with Crippen LogP contribution in [0.15, 0.2) is 22.8 Å². The third kappa shape index (κ3) is 3.56. The maximum absolute atomic E-state index is 12.7. The van der Waals surface area contributed by atoms with Gasteiger partial charge < -0.3 is 24.1 Å². The predicted octanol–water partition coefficient (Wildman–Crippen LogP) is 1.15. The smallest absolute Gasteiger partial charge is 0.287 e. The lowest BCUT2D eigenvalue weighted by Crippen LogP contribution is -2.55. The van der Waals surface area contributed by atoms with Crippen LogP contribution in [-0.4, -0.2) is 54.8 Å². The normalized spacial score (nSPS) is 23.7. The molecule has 0 saturated carbocycles. The second-order valence-corrected chi connectivity index (χ2v) is 5.88. The summed E-state index contributed by atoms with van der Waals surface area (Å²) in [5.74, 6) is -0.311. The Kier molecular flexibility index (Phi) is 4.97. The van der Waals surface area contributed by atoms with E-state index >= 15 is 0 Å². The summed E-state index contributed by atoms with van der Waals surface area (Å²) in [5.41, 5.74) is 0. The largest absolute Gasteiger partial charge is 0.459 e. The van der Waals surface area contributed by atoms with Gasteiger partial charge in [0.2, 0.25) is 5.91 Å². The second kappa shape index (κ2) is 7.14. The van der Waals surface area contributed by atoms with E-state index in [4.69, 9.17) is 13.9 Å². The van der Waals surface area contributed by atoms with Crippen molar-refractivity contribution in [2.75, 3.05) is 19.8 Å². The maximum Gasteiger partial charge on any atom is 0.287 e. The van der Waals surface area contributed by atoms with Gasteiger partial charge in [-0.05, 0) is 38.3 Å². The molecule has 1 N–H and O–H groups in total. The molecule has 2 atom stereocenters. The summed E-state index contributed by atoms with van der Waals surface area (Å²) in [6.45, 7) is 3.47. The van der Waals surface area contributed by atoms with E-state index in [0.717, 1.165) is 19.3 Å². The number of hydrogen-bond donors (Lipinski definition) is 1. The van der Waals surface area contributed by atoms with Crippen LogP contribution in [0.5, 0.6) is 0 Å². The molecule has 3 rings (SSSR count). The maximum atomic E-state index is 12.7. The Morgan fingerprint density at radius 2 is 2.09 bits per heavy atom. The Bertz CT molecular complexity index is 539. The van der Waals surface area contributed by atoms with Crippen molar-refractivity contribution in [3.63, 3.8) is 0 Å². The average Bonchev–Trinajstić information content (AvgIpc) is 3.27. The molecule has 3 heterocycles. The first-order valence-corrected chi connectivity index (χ1v) is 8.05. The molecule has 2 amide bonds. The van der Waals surface area contributed by atoms with Gasteiger partial charge in [-0.15, -0.1) is 0 Å². The number of furan rings is 1. The summed E-state index contributed by atoms with van der Waals surface area (Å²) in [6, 6.07) is 2.49. The number of likely N-dealkylation sites (tertiary alicyclic amines) is 1. The zero-order valence-electron chi connectivity index (χ0n) is 13.2. The highest BCUT2D eigenvalue weighted by atomic mass is 16.7. The van der Waals surface area contributed by atoms with Gasteiger partial charge >= 0.3 is 0 Å². The molecule has 1 aromatic heterocycles. The molecular formula is C16H22N2O5. The van der Waals surface area contributed by atoms with Gasteiger partial charge in [0, 0.05) is 6.54 Å². The number of amides is 2. The molecule has 0 unspecified atom stereocenters. The molecule has 23 heavy (non-hydrogen) atoms. The van der Waals surface area contributed by atoms with Gasteiger partial charge in [0.05, 0.1) is 25.5 Å². The van der Waals surface area contributed by atoms with E-state index in [1.807, 2.05) is 0 Å². The summed E-state index contributed by atoms with van der Waals surface area (Å²) in [6.07, 6.45) is 3.93. The lowest BCUT2D eigenvalue weighted by Gasteiger charge is -2.39. The van der Waals surface area contributed by atoms with Crippen LogP contribution < -0.4 is 5.32 Å². The van der Waals surface area contributed by atoms with Gasteiger partial charge in [0.25, 0.3) is 5.91 Å². The molecule has 0 spiro atoms. The number of hydrogen-bond acceptors (Lipinski definition) is 5. The Morgan fingerprint density at radius 3 is 2.78 bits per heavy atom. The monoisotopic (exact) mass is 322 g/mol. The van der Waals surface area contributed by atoms with Gasteiger partial charge in [-0.25, -0.2) is 0 Å². The molecule has 126 valence electrons. The molecule has 2 fully saturated rings. The summed E-state index contributed by atoms with van der Waals surface area (Å²) < 4.78 is 16.2. The molecule has 2 saturated heterocycles. The van der Waals surface area contributed by atoms with Gasteiger partial charge in [-0.2, -0.15) is 0 Å². The molecule has 0 bridgehead atoms. The molecule has 7 nitrogen and oxygen atoms in total. The quantitative estimate of drug-likeness (QED) is 0.899. The number of carbonyl (C=O) groups excluding carboxylic acids is 2. The molecule has 0 aliphatic carbocycles. The van der Waals surface area contributed by atoms with Crippen molar-refractivity contribution in [2.45, 2.75) is 44.6 Å². The van der Waals surface area contributed by atoms with Crippen LogP contribution in [-0.2, 0) is 14.3 Å². The highest BCUT2D eigenvalue weighted by Crippen LogP contribution is 2.25. The van der Waals surface area contributed by atoms with Crippen LogP contribution in [0.1, 0.15) is 36.7 Å². The zero-order valence-corrected chi connectivity index (χ0v) is 13.2. The Hall–Kier alpha value is -1.86. The number of rotatable bonds is 4. The fourth-order valence-corrected chi connectivity index (χ4v) is 3.10. The molecule has 1 aromatic rings. The summed E-state index contributed by atoms with van der Waals surface area (Å²) in [7, 11) is 0. The van der Waals surface area contributed by atoms with Crippen LogP contribution >= 0.6 is 0 Å². The van der Waals surface area contributed by atoms with Crippen molar-refractivity contribution in [2.24, 2.45) is 0 Å². The van der Waals surface area contributed by atoms with Gasteiger partial charge in [-0.1, -0.05) is 0 Å². The third-order valence-corrected chi connectivity index (χ3v) is 4.26. The van der Waals surface area contributed by atoms with E-state index in [9.17, 15) is 9.59 Å². The fraction of sp³-hybridized carbons (Fsp3) is 0.625. The van der Waals surface area contributed by atoms with Crippen LogP contribution in [0.4, 0.5) is 0 Å². The van der Waals surface area contributed by atoms with E-state index in [-0.39, 0.29) is 24.0 Å². The minimum Gasteiger partial charge on any atom is -0.459 e. The SMILES string of the molecule is C[C@H](NC(=O)c1ccco1)C(=O)N1CCCC[C@@H]1C1OCCO1. The minimum atomic E-state index is -0.630. The van der Waals surface area contributed by atoms with Crippen molar-refractivity contribution >= 4 is 11.8 Å². The van der Waals surface area contributed by atoms with Gasteiger partial charge in [0.1, 0.15) is 6.04 Å². The first-order chi connectivity index (χ1) is 11.2. The van der Waals surface area contributed by atoms with Crippen molar-refractivity contribution < 1.29 is 23.5 Å². The number of nitrogens with one attached hydrogen (secondary N) is 1. The van der Waals surface area contributed by atoms with E-state index in [1.54, 1.807) is 24.0 Å². The molecule has 0 radical (unpaired) electrons. The number of piperidine rings is 1. The topological polar surface area (TPSA) is 81.0 Å². The lowest BCUT2D eigenvalue weighted by molar-refractivity contribution is -0.152. The summed E-state index contributed by atoms with van der Waals surface area (Å²) in [5, 5.41) is 2.68. The summed E-state index contributed by atoms with van der Waals surface area (Å²) in [4.78, 5) is 26.5. The molecule has 2 aliphatic rings. The summed E-state index contributed by atoms with van der Waals surface area (Å²) >= 11 is 0. The zero-order chi connectivity index (χ0) is 16.2. The third-order valence-electron chi connectivity index (χ3n) is 4.26. The molecule has 2 aliphatic heterocycles. The van der Waals surface area contributed by atoms with E-state index in [2.05, 4.69) is 5.32 Å². The van der Waals surface area contributed by atoms with Gasteiger partial charge in [-0.3, -0.25) is 9.59 Å².